The number of rotatable bonds is 3. The molecule has 1 amide bonds. The average Bonchev–Trinajstić information content (AvgIpc) is 3.04. The Morgan fingerprint density at radius 2 is 2.13 bits per heavy atom. The third-order valence-corrected chi connectivity index (χ3v) is 7.87. The third-order valence-electron chi connectivity index (χ3n) is 6.04. The molecular weight excluding hydrogens is 509 g/mol. The normalized spacial score (nSPS) is 16.5. The molecule has 1 aliphatic carbocycles. The van der Waals surface area contributed by atoms with E-state index in [1.807, 2.05) is 25.1 Å². The molecule has 1 unspecified atom stereocenters. The van der Waals surface area contributed by atoms with Crippen molar-refractivity contribution < 1.29 is 4.79 Å². The average molecular weight is 535 g/mol. The first kappa shape index (κ1) is 21.5. The number of aromatic nitrogens is 2. The van der Waals surface area contributed by atoms with Gasteiger partial charge in [-0.05, 0) is 89.4 Å². The number of thiophene rings is 1. The van der Waals surface area contributed by atoms with E-state index in [2.05, 4.69) is 53.7 Å². The highest BCUT2D eigenvalue weighted by Crippen LogP contribution is 2.41. The molecule has 5 nitrogen and oxygen atoms in total. The zero-order chi connectivity index (χ0) is 21.6. The van der Waals surface area contributed by atoms with Gasteiger partial charge in [0.2, 0.25) is 5.91 Å². The van der Waals surface area contributed by atoms with E-state index >= 15 is 0 Å². The Balaban J connectivity index is 1.60. The van der Waals surface area contributed by atoms with E-state index in [0.29, 0.717) is 11.3 Å². The van der Waals surface area contributed by atoms with Gasteiger partial charge in [0.15, 0.2) is 0 Å². The van der Waals surface area contributed by atoms with Crippen LogP contribution >= 0.6 is 33.9 Å². The third kappa shape index (κ3) is 4.19. The smallest absolute Gasteiger partial charge is 0.262 e. The lowest BCUT2D eigenvalue weighted by Crippen LogP contribution is -2.29. The van der Waals surface area contributed by atoms with Crippen molar-refractivity contribution in [1.29, 1.82) is 0 Å². The molecule has 0 aliphatic heterocycles. The predicted octanol–water partition coefficient (Wildman–Crippen LogP) is 5.16. The molecule has 7 heteroatoms. The molecule has 1 aromatic carbocycles. The van der Waals surface area contributed by atoms with Crippen LogP contribution in [0.4, 0.5) is 5.69 Å². The second-order valence-electron chi connectivity index (χ2n) is 9.17. The largest absolute Gasteiger partial charge is 0.324 e. The molecule has 158 valence electrons. The van der Waals surface area contributed by atoms with E-state index in [1.165, 1.54) is 15.8 Å². The molecular formula is C23H26IN3O2S. The van der Waals surface area contributed by atoms with Crippen molar-refractivity contribution in [2.75, 3.05) is 5.32 Å². The van der Waals surface area contributed by atoms with Crippen molar-refractivity contribution >= 4 is 55.7 Å². The van der Waals surface area contributed by atoms with Crippen LogP contribution in [0.3, 0.4) is 0 Å². The molecule has 0 saturated heterocycles. The fraction of sp³-hybridized carbons (Fsp3) is 0.435. The number of fused-ring (bicyclic) bond motifs is 3. The number of nitrogens with zero attached hydrogens (tertiary/aromatic N) is 2. The van der Waals surface area contributed by atoms with Crippen molar-refractivity contribution in [2.45, 2.75) is 53.5 Å². The SMILES string of the molecule is Cc1cc(I)ccc1NC(=O)Cn1cnc2sc3c(c2c1=O)CCC(C(C)(C)C)C3. The van der Waals surface area contributed by atoms with E-state index in [1.54, 1.807) is 11.3 Å². The van der Waals surface area contributed by atoms with Crippen molar-refractivity contribution in [2.24, 2.45) is 11.3 Å². The molecule has 1 N–H and O–H groups in total. The molecule has 0 spiro atoms. The summed E-state index contributed by atoms with van der Waals surface area (Å²) < 4.78 is 2.55. The van der Waals surface area contributed by atoms with E-state index in [0.717, 1.165) is 44.5 Å². The van der Waals surface area contributed by atoms with Crippen LogP contribution in [0.5, 0.6) is 0 Å². The van der Waals surface area contributed by atoms with E-state index in [9.17, 15) is 9.59 Å². The molecule has 0 saturated carbocycles. The van der Waals surface area contributed by atoms with E-state index in [4.69, 9.17) is 0 Å². The molecule has 0 bridgehead atoms. The van der Waals surface area contributed by atoms with Crippen LogP contribution in [-0.2, 0) is 24.2 Å². The molecule has 4 rings (SSSR count). The van der Waals surface area contributed by atoms with Crippen molar-refractivity contribution in [3.63, 3.8) is 0 Å². The molecule has 30 heavy (non-hydrogen) atoms. The maximum atomic E-state index is 13.2. The van der Waals surface area contributed by atoms with Gasteiger partial charge in [-0.2, -0.15) is 0 Å². The van der Waals surface area contributed by atoms with Gasteiger partial charge in [-0.3, -0.25) is 14.2 Å². The predicted molar refractivity (Wildman–Crippen MR) is 131 cm³/mol. The Kier molecular flexibility index (Phi) is 5.78. The number of nitrogens with one attached hydrogen (secondary N) is 1. The second kappa shape index (κ2) is 8.07. The Hall–Kier alpha value is -1.74. The standard InChI is InChI=1S/C23H26IN3O2S/c1-13-9-15(24)6-8-17(13)26-19(28)11-27-12-25-21-20(22(27)29)16-7-5-14(23(2,3)4)10-18(16)30-21/h6,8-9,12,14H,5,7,10-11H2,1-4H3,(H,26,28). The Bertz CT molecular complexity index is 1190. The molecule has 1 aliphatic rings. The zero-order valence-electron chi connectivity index (χ0n) is 17.7. The number of benzene rings is 1. The van der Waals surface area contributed by atoms with Gasteiger partial charge in [-0.15, -0.1) is 11.3 Å². The first-order chi connectivity index (χ1) is 14.1. The number of aryl methyl sites for hydroxylation is 2. The Morgan fingerprint density at radius 3 is 2.83 bits per heavy atom. The number of carbonyl (C=O) groups excluding carboxylic acids is 1. The highest BCUT2D eigenvalue weighted by atomic mass is 127. The minimum Gasteiger partial charge on any atom is -0.324 e. The van der Waals surface area contributed by atoms with Crippen LogP contribution < -0.4 is 10.9 Å². The van der Waals surface area contributed by atoms with Crippen LogP contribution in [0.1, 0.15) is 43.2 Å². The van der Waals surface area contributed by atoms with Gasteiger partial charge in [0.25, 0.3) is 5.56 Å². The minimum atomic E-state index is -0.223. The summed E-state index contributed by atoms with van der Waals surface area (Å²) in [4.78, 5) is 32.4. The topological polar surface area (TPSA) is 64.0 Å². The Labute approximate surface area is 194 Å². The summed E-state index contributed by atoms with van der Waals surface area (Å²) >= 11 is 3.88. The highest BCUT2D eigenvalue weighted by Gasteiger charge is 2.31. The summed E-state index contributed by atoms with van der Waals surface area (Å²) in [5, 5.41) is 3.62. The van der Waals surface area contributed by atoms with Crippen molar-refractivity contribution in [3.8, 4) is 0 Å². The minimum absolute atomic E-state index is 0.0393. The number of anilines is 1. The summed E-state index contributed by atoms with van der Waals surface area (Å²) in [5.41, 5.74) is 3.06. The monoisotopic (exact) mass is 535 g/mol. The van der Waals surface area contributed by atoms with Gasteiger partial charge in [0.1, 0.15) is 11.4 Å². The van der Waals surface area contributed by atoms with Gasteiger partial charge < -0.3 is 5.32 Å². The fourth-order valence-corrected chi connectivity index (χ4v) is 6.07. The summed E-state index contributed by atoms with van der Waals surface area (Å²) in [5.74, 6) is 0.391. The lowest BCUT2D eigenvalue weighted by Gasteiger charge is -2.33. The number of hydrogen-bond donors (Lipinski definition) is 1. The molecule has 0 fully saturated rings. The molecule has 1 atom stereocenters. The van der Waals surface area contributed by atoms with Gasteiger partial charge in [-0.1, -0.05) is 20.8 Å². The van der Waals surface area contributed by atoms with Crippen molar-refractivity contribution in [1.82, 2.24) is 9.55 Å². The summed E-state index contributed by atoms with van der Waals surface area (Å²) in [6.07, 6.45) is 4.51. The maximum Gasteiger partial charge on any atom is 0.262 e. The van der Waals surface area contributed by atoms with E-state index < -0.39 is 0 Å². The van der Waals surface area contributed by atoms with Gasteiger partial charge in [-0.25, -0.2) is 4.98 Å². The maximum absolute atomic E-state index is 13.2. The van der Waals surface area contributed by atoms with Crippen LogP contribution in [0.2, 0.25) is 0 Å². The lowest BCUT2D eigenvalue weighted by molar-refractivity contribution is -0.116. The second-order valence-corrected chi connectivity index (χ2v) is 11.5. The highest BCUT2D eigenvalue weighted by molar-refractivity contribution is 14.1. The van der Waals surface area contributed by atoms with Crippen LogP contribution in [0.15, 0.2) is 29.3 Å². The summed E-state index contributed by atoms with van der Waals surface area (Å²) in [7, 11) is 0. The molecule has 3 aromatic rings. The lowest BCUT2D eigenvalue weighted by atomic mass is 9.72. The van der Waals surface area contributed by atoms with Crippen LogP contribution in [0, 0.1) is 21.8 Å². The fourth-order valence-electron chi connectivity index (χ4n) is 4.16. The zero-order valence-corrected chi connectivity index (χ0v) is 20.7. The number of amides is 1. The quantitative estimate of drug-likeness (QED) is 0.472. The van der Waals surface area contributed by atoms with Crippen molar-refractivity contribution in [3.05, 3.63) is 54.5 Å². The van der Waals surface area contributed by atoms with Crippen LogP contribution in [0.25, 0.3) is 10.2 Å². The van der Waals surface area contributed by atoms with Gasteiger partial charge in [0.05, 0.1) is 11.7 Å². The molecule has 2 aromatic heterocycles. The van der Waals surface area contributed by atoms with Crippen LogP contribution in [-0.4, -0.2) is 15.5 Å². The van der Waals surface area contributed by atoms with Gasteiger partial charge in [0, 0.05) is 14.1 Å². The molecule has 0 radical (unpaired) electrons. The first-order valence-electron chi connectivity index (χ1n) is 10.2. The molecule has 2 heterocycles. The first-order valence-corrected chi connectivity index (χ1v) is 12.1. The number of halogens is 1. The number of carbonyl (C=O) groups is 1. The summed E-state index contributed by atoms with van der Waals surface area (Å²) in [6, 6.07) is 5.85. The van der Waals surface area contributed by atoms with Gasteiger partial charge >= 0.3 is 0 Å². The number of hydrogen-bond acceptors (Lipinski definition) is 4. The summed E-state index contributed by atoms with van der Waals surface area (Å²) in [6.45, 7) is 8.78. The Morgan fingerprint density at radius 1 is 1.37 bits per heavy atom. The van der Waals surface area contributed by atoms with E-state index in [-0.39, 0.29) is 23.4 Å².